The zero-order valence-electron chi connectivity index (χ0n) is 2.69. The summed E-state index contributed by atoms with van der Waals surface area (Å²) in [6, 6.07) is 0. The van der Waals surface area contributed by atoms with Crippen LogP contribution in [-0.4, -0.2) is 6.10 Å². The second-order valence-corrected chi connectivity index (χ2v) is 0.811. The van der Waals surface area contributed by atoms with Crippen LogP contribution in [0.3, 0.4) is 0 Å². The van der Waals surface area contributed by atoms with E-state index in [2.05, 4.69) is 6.92 Å². The van der Waals surface area contributed by atoms with E-state index in [9.17, 15) is 5.11 Å². The number of hydrogen-bond donors (Lipinski definition) is 0. The third-order valence-electron chi connectivity index (χ3n) is 0. The lowest BCUT2D eigenvalue weighted by molar-refractivity contribution is 0.144. The molecule has 0 bridgehead atoms. The molecule has 0 aliphatic carbocycles. The Bertz CT molecular complexity index is 8.00. The fourth-order valence-corrected chi connectivity index (χ4v) is 0. The molecule has 0 heterocycles. The van der Waals surface area contributed by atoms with E-state index in [1.165, 1.54) is 6.92 Å². The first-order valence-corrected chi connectivity index (χ1v) is 1.22. The van der Waals surface area contributed by atoms with Gasteiger partial charge >= 0.3 is 0 Å². The van der Waals surface area contributed by atoms with Crippen molar-refractivity contribution in [1.82, 2.24) is 0 Å². The van der Waals surface area contributed by atoms with Crippen LogP contribution in [0, 0.1) is 6.92 Å². The molecule has 1 nitrogen and oxygen atoms in total. The van der Waals surface area contributed by atoms with Crippen LogP contribution in [0.25, 0.3) is 0 Å². The van der Waals surface area contributed by atoms with Crippen molar-refractivity contribution in [1.29, 1.82) is 0 Å². The van der Waals surface area contributed by atoms with Crippen LogP contribution in [0.15, 0.2) is 0 Å². The zero-order chi connectivity index (χ0) is 3.58. The van der Waals surface area contributed by atoms with Gasteiger partial charge in [0.15, 0.2) is 0 Å². The summed E-state index contributed by atoms with van der Waals surface area (Å²) < 4.78 is 0. The van der Waals surface area contributed by atoms with Gasteiger partial charge in [0, 0.05) is 0 Å². The fraction of sp³-hybridized carbons (Fsp3) is 0.667. The Morgan fingerprint density at radius 1 is 2.00 bits per heavy atom. The Morgan fingerprint density at radius 3 is 2.00 bits per heavy atom. The maximum absolute atomic E-state index is 9.42. The van der Waals surface area contributed by atoms with E-state index >= 15 is 0 Å². The molecule has 1 atom stereocenters. The van der Waals surface area contributed by atoms with E-state index in [0.29, 0.717) is 0 Å². The number of rotatable bonds is 0. The summed E-state index contributed by atoms with van der Waals surface area (Å²) in [6.45, 7) is 4.58. The van der Waals surface area contributed by atoms with Gasteiger partial charge in [0.25, 0.3) is 0 Å². The Morgan fingerprint density at radius 2 is 2.00 bits per heavy atom. The molecule has 0 fully saturated rings. The van der Waals surface area contributed by atoms with Gasteiger partial charge in [-0.3, -0.25) is 0 Å². The molecule has 0 spiro atoms. The summed E-state index contributed by atoms with van der Waals surface area (Å²) in [5, 5.41) is 9.42. The fourth-order valence-electron chi connectivity index (χ4n) is 0. The molecule has 0 amide bonds. The molecular formula is C3H6O. The highest BCUT2D eigenvalue weighted by Gasteiger charge is 1.73. The monoisotopic (exact) mass is 58.0 g/mol. The SMILES string of the molecule is [CH2]C(C)[O]. The van der Waals surface area contributed by atoms with Gasteiger partial charge in [-0.2, -0.15) is 0 Å². The molecule has 0 saturated heterocycles. The first kappa shape index (κ1) is 3.96. The molecule has 4 heavy (non-hydrogen) atoms. The molecule has 0 aromatic carbocycles. The topological polar surface area (TPSA) is 19.9 Å². The Balaban J connectivity index is 2.32. The molecule has 0 rings (SSSR count). The van der Waals surface area contributed by atoms with Gasteiger partial charge in [0.2, 0.25) is 0 Å². The molecule has 0 aliphatic rings. The smallest absolute Gasteiger partial charge is 0.0903 e. The summed E-state index contributed by atoms with van der Waals surface area (Å²) in [7, 11) is 0. The van der Waals surface area contributed by atoms with E-state index in [-0.39, 0.29) is 0 Å². The summed E-state index contributed by atoms with van der Waals surface area (Å²) >= 11 is 0. The minimum atomic E-state index is -0.667. The average molecular weight is 58.1 g/mol. The largest absolute Gasteiger partial charge is 0.233 e. The standard InChI is InChI=1S/C3H6O/c1-3(2)4/h3H,1H2,2H3. The highest BCUT2D eigenvalue weighted by atomic mass is 16.3. The Hall–Kier alpha value is -0.0400. The maximum atomic E-state index is 9.42. The van der Waals surface area contributed by atoms with Crippen LogP contribution in [0.1, 0.15) is 6.92 Å². The number of hydrogen-bond acceptors (Lipinski definition) is 0. The first-order valence-electron chi connectivity index (χ1n) is 1.22. The van der Waals surface area contributed by atoms with E-state index in [1.54, 1.807) is 0 Å². The lowest BCUT2D eigenvalue weighted by Crippen LogP contribution is -1.82. The second kappa shape index (κ2) is 1.30. The highest BCUT2D eigenvalue weighted by molar-refractivity contribution is 4.40. The van der Waals surface area contributed by atoms with Crippen molar-refractivity contribution in [2.75, 3.05) is 0 Å². The van der Waals surface area contributed by atoms with Gasteiger partial charge in [0.05, 0.1) is 6.10 Å². The van der Waals surface area contributed by atoms with Crippen LogP contribution in [0.4, 0.5) is 0 Å². The lowest BCUT2D eigenvalue weighted by Gasteiger charge is -1.74. The van der Waals surface area contributed by atoms with Gasteiger partial charge < -0.3 is 0 Å². The van der Waals surface area contributed by atoms with Crippen molar-refractivity contribution in [3.8, 4) is 0 Å². The molecule has 0 N–H and O–H groups in total. The van der Waals surface area contributed by atoms with Gasteiger partial charge in [-0.25, -0.2) is 5.11 Å². The lowest BCUT2D eigenvalue weighted by atomic mass is 10.5. The summed E-state index contributed by atoms with van der Waals surface area (Å²) in [5.41, 5.74) is 0. The predicted molar refractivity (Wildman–Crippen MR) is 15.5 cm³/mol. The summed E-state index contributed by atoms with van der Waals surface area (Å²) in [6.07, 6.45) is -0.667. The van der Waals surface area contributed by atoms with Crippen LogP contribution < -0.4 is 0 Å². The Labute approximate surface area is 26.3 Å². The van der Waals surface area contributed by atoms with Gasteiger partial charge in [-0.15, -0.1) is 0 Å². The molecular weight excluding hydrogens is 52.0 g/mol. The van der Waals surface area contributed by atoms with Crippen molar-refractivity contribution in [3.05, 3.63) is 6.92 Å². The average Bonchev–Trinajstić information content (AvgIpc) is 0.811. The zero-order valence-corrected chi connectivity index (χ0v) is 2.69. The highest BCUT2D eigenvalue weighted by Crippen LogP contribution is 1.66. The molecule has 0 aliphatic heterocycles. The van der Waals surface area contributed by atoms with E-state index in [4.69, 9.17) is 0 Å². The van der Waals surface area contributed by atoms with E-state index in [1.807, 2.05) is 0 Å². The van der Waals surface area contributed by atoms with Crippen molar-refractivity contribution in [3.63, 3.8) is 0 Å². The second-order valence-electron chi connectivity index (χ2n) is 0.811. The predicted octanol–water partition coefficient (Wildman–Crippen LogP) is 0.639. The van der Waals surface area contributed by atoms with Crippen LogP contribution >= 0.6 is 0 Å². The van der Waals surface area contributed by atoms with Gasteiger partial charge in [-0.05, 0) is 13.8 Å². The minimum Gasteiger partial charge on any atom is -0.233 e. The van der Waals surface area contributed by atoms with Crippen LogP contribution in [0.2, 0.25) is 0 Å². The minimum absolute atomic E-state index is 0.667. The van der Waals surface area contributed by atoms with E-state index < -0.39 is 6.10 Å². The molecule has 1 heteroatoms. The summed E-state index contributed by atoms with van der Waals surface area (Å²) in [5.74, 6) is 0. The van der Waals surface area contributed by atoms with Crippen LogP contribution in [-0.2, 0) is 5.11 Å². The molecule has 0 aromatic heterocycles. The van der Waals surface area contributed by atoms with Crippen molar-refractivity contribution in [2.45, 2.75) is 13.0 Å². The first-order chi connectivity index (χ1) is 1.73. The Kier molecular flexibility index (Phi) is 1.28. The molecule has 24 valence electrons. The molecule has 1 unspecified atom stereocenters. The maximum Gasteiger partial charge on any atom is 0.0903 e. The van der Waals surface area contributed by atoms with Crippen molar-refractivity contribution in [2.24, 2.45) is 0 Å². The van der Waals surface area contributed by atoms with Crippen LogP contribution in [0.5, 0.6) is 0 Å². The summed E-state index contributed by atoms with van der Waals surface area (Å²) in [4.78, 5) is 0. The van der Waals surface area contributed by atoms with Gasteiger partial charge in [0.1, 0.15) is 0 Å². The van der Waals surface area contributed by atoms with Crippen molar-refractivity contribution >= 4 is 0 Å². The molecule has 2 radical (unpaired) electrons. The molecule has 0 saturated carbocycles. The van der Waals surface area contributed by atoms with Gasteiger partial charge in [-0.1, -0.05) is 0 Å². The molecule has 0 aromatic rings. The van der Waals surface area contributed by atoms with E-state index in [0.717, 1.165) is 0 Å². The third kappa shape index (κ3) is 1130. The quantitative estimate of drug-likeness (QED) is 0.389. The third-order valence-corrected chi connectivity index (χ3v) is 0. The van der Waals surface area contributed by atoms with Crippen molar-refractivity contribution < 1.29 is 5.11 Å². The normalized spacial score (nSPS) is 9.00.